The van der Waals surface area contributed by atoms with Crippen LogP contribution in [-0.4, -0.2) is 37.1 Å². The molecule has 2 atom stereocenters. The molecule has 2 fully saturated rings. The van der Waals surface area contributed by atoms with Crippen molar-refractivity contribution in [2.45, 2.75) is 57.5 Å². The normalized spacial score (nSPS) is 29.4. The van der Waals surface area contributed by atoms with Gasteiger partial charge in [0.2, 0.25) is 0 Å². The molecular formula is C13H26N2. The second-order valence-electron chi connectivity index (χ2n) is 5.40. The minimum absolute atomic E-state index is 0.761. The van der Waals surface area contributed by atoms with Crippen LogP contribution in [-0.2, 0) is 0 Å². The zero-order valence-electron chi connectivity index (χ0n) is 10.3. The molecule has 0 radical (unpaired) electrons. The molecule has 1 aliphatic heterocycles. The Hall–Kier alpha value is -0.0800. The lowest BCUT2D eigenvalue weighted by molar-refractivity contribution is 0.180. The van der Waals surface area contributed by atoms with E-state index in [4.69, 9.17) is 0 Å². The Balaban J connectivity index is 1.75. The maximum absolute atomic E-state index is 3.65. The van der Waals surface area contributed by atoms with Gasteiger partial charge in [-0.2, -0.15) is 0 Å². The summed E-state index contributed by atoms with van der Waals surface area (Å²) >= 11 is 0. The first-order valence-corrected chi connectivity index (χ1v) is 6.75. The van der Waals surface area contributed by atoms with Crippen LogP contribution in [0, 0.1) is 5.92 Å². The Kier molecular flexibility index (Phi) is 4.04. The molecule has 2 aliphatic rings. The monoisotopic (exact) mass is 210 g/mol. The van der Waals surface area contributed by atoms with E-state index in [-0.39, 0.29) is 0 Å². The number of likely N-dealkylation sites (N-methyl/N-ethyl adjacent to an activating group) is 1. The number of piperidine rings is 1. The molecular weight excluding hydrogens is 184 g/mol. The standard InChI is InChI=1S/C13H26N2/c1-3-13(11-7-8-11)15(2)10-12-6-4-5-9-14-12/h11-14H,3-10H2,1-2H3. The molecule has 1 saturated carbocycles. The highest BCUT2D eigenvalue weighted by Gasteiger charge is 2.33. The predicted molar refractivity (Wildman–Crippen MR) is 65.1 cm³/mol. The molecule has 0 aromatic heterocycles. The van der Waals surface area contributed by atoms with Gasteiger partial charge in [0, 0.05) is 18.6 Å². The molecule has 1 heterocycles. The van der Waals surface area contributed by atoms with Gasteiger partial charge in [-0.3, -0.25) is 0 Å². The Labute approximate surface area is 94.4 Å². The molecule has 88 valence electrons. The summed E-state index contributed by atoms with van der Waals surface area (Å²) in [6, 6.07) is 1.62. The molecule has 0 amide bonds. The van der Waals surface area contributed by atoms with E-state index in [1.807, 2.05) is 0 Å². The first-order valence-electron chi connectivity index (χ1n) is 6.75. The zero-order valence-corrected chi connectivity index (χ0v) is 10.3. The second-order valence-corrected chi connectivity index (χ2v) is 5.40. The van der Waals surface area contributed by atoms with Gasteiger partial charge in [-0.1, -0.05) is 13.3 Å². The number of nitrogens with zero attached hydrogens (tertiary/aromatic N) is 1. The molecule has 0 bridgehead atoms. The molecule has 2 rings (SSSR count). The third-order valence-corrected chi connectivity index (χ3v) is 4.07. The van der Waals surface area contributed by atoms with Crippen molar-refractivity contribution in [3.05, 3.63) is 0 Å². The van der Waals surface area contributed by atoms with Crippen LogP contribution >= 0.6 is 0 Å². The summed E-state index contributed by atoms with van der Waals surface area (Å²) in [6.45, 7) is 4.83. The molecule has 1 saturated heterocycles. The second kappa shape index (κ2) is 5.31. The van der Waals surface area contributed by atoms with Gasteiger partial charge in [0.05, 0.1) is 0 Å². The van der Waals surface area contributed by atoms with Gasteiger partial charge in [-0.05, 0) is 51.6 Å². The summed E-state index contributed by atoms with van der Waals surface area (Å²) in [6.07, 6.45) is 8.45. The fraction of sp³-hybridized carbons (Fsp3) is 1.00. The fourth-order valence-electron chi connectivity index (χ4n) is 3.05. The lowest BCUT2D eigenvalue weighted by Gasteiger charge is -2.33. The Morgan fingerprint density at radius 1 is 1.27 bits per heavy atom. The molecule has 15 heavy (non-hydrogen) atoms. The van der Waals surface area contributed by atoms with Crippen molar-refractivity contribution in [3.63, 3.8) is 0 Å². The van der Waals surface area contributed by atoms with Gasteiger partial charge in [0.1, 0.15) is 0 Å². The Morgan fingerprint density at radius 2 is 2.07 bits per heavy atom. The van der Waals surface area contributed by atoms with E-state index in [1.54, 1.807) is 0 Å². The Morgan fingerprint density at radius 3 is 2.60 bits per heavy atom. The number of rotatable bonds is 5. The lowest BCUT2D eigenvalue weighted by Crippen LogP contribution is -2.46. The van der Waals surface area contributed by atoms with Crippen LogP contribution in [0.5, 0.6) is 0 Å². The van der Waals surface area contributed by atoms with Crippen LogP contribution in [0.3, 0.4) is 0 Å². The van der Waals surface area contributed by atoms with Crippen molar-refractivity contribution in [1.29, 1.82) is 0 Å². The predicted octanol–water partition coefficient (Wildman–Crippen LogP) is 2.25. The summed E-state index contributed by atoms with van der Waals surface area (Å²) in [5.41, 5.74) is 0. The number of nitrogens with one attached hydrogen (secondary N) is 1. The zero-order chi connectivity index (χ0) is 10.7. The van der Waals surface area contributed by atoms with Gasteiger partial charge < -0.3 is 10.2 Å². The van der Waals surface area contributed by atoms with Crippen molar-refractivity contribution < 1.29 is 0 Å². The van der Waals surface area contributed by atoms with Gasteiger partial charge in [0.15, 0.2) is 0 Å². The van der Waals surface area contributed by atoms with Crippen LogP contribution in [0.15, 0.2) is 0 Å². The van der Waals surface area contributed by atoms with E-state index in [0.717, 1.165) is 18.0 Å². The lowest BCUT2D eigenvalue weighted by atomic mass is 10.0. The van der Waals surface area contributed by atoms with Crippen LogP contribution < -0.4 is 5.32 Å². The van der Waals surface area contributed by atoms with Crippen molar-refractivity contribution in [1.82, 2.24) is 10.2 Å². The number of hydrogen-bond donors (Lipinski definition) is 1. The summed E-state index contributed by atoms with van der Waals surface area (Å²) < 4.78 is 0. The summed E-state index contributed by atoms with van der Waals surface area (Å²) in [4.78, 5) is 2.61. The van der Waals surface area contributed by atoms with Crippen LogP contribution in [0.4, 0.5) is 0 Å². The van der Waals surface area contributed by atoms with E-state index in [2.05, 4.69) is 24.2 Å². The fourth-order valence-corrected chi connectivity index (χ4v) is 3.05. The first kappa shape index (κ1) is 11.4. The molecule has 0 spiro atoms. The molecule has 0 aromatic carbocycles. The average Bonchev–Trinajstić information content (AvgIpc) is 3.04. The topological polar surface area (TPSA) is 15.3 Å². The largest absolute Gasteiger partial charge is 0.313 e. The van der Waals surface area contributed by atoms with Crippen molar-refractivity contribution in [2.75, 3.05) is 20.1 Å². The molecule has 2 heteroatoms. The summed E-state index contributed by atoms with van der Waals surface area (Å²) in [5.74, 6) is 1.02. The minimum Gasteiger partial charge on any atom is -0.313 e. The smallest absolute Gasteiger partial charge is 0.0195 e. The minimum atomic E-state index is 0.761. The summed E-state index contributed by atoms with van der Waals surface area (Å²) in [5, 5.41) is 3.65. The van der Waals surface area contributed by atoms with E-state index in [1.165, 1.54) is 51.6 Å². The van der Waals surface area contributed by atoms with E-state index in [0.29, 0.717) is 0 Å². The van der Waals surface area contributed by atoms with Crippen LogP contribution in [0.1, 0.15) is 45.4 Å². The van der Waals surface area contributed by atoms with Crippen molar-refractivity contribution in [3.8, 4) is 0 Å². The Bertz CT molecular complexity index is 183. The van der Waals surface area contributed by atoms with Gasteiger partial charge in [-0.25, -0.2) is 0 Å². The van der Waals surface area contributed by atoms with Crippen molar-refractivity contribution >= 4 is 0 Å². The highest BCUT2D eigenvalue weighted by atomic mass is 15.2. The van der Waals surface area contributed by atoms with Crippen LogP contribution in [0.25, 0.3) is 0 Å². The summed E-state index contributed by atoms with van der Waals surface area (Å²) in [7, 11) is 2.32. The van der Waals surface area contributed by atoms with Crippen LogP contribution in [0.2, 0.25) is 0 Å². The highest BCUT2D eigenvalue weighted by Crippen LogP contribution is 2.36. The molecule has 1 aliphatic carbocycles. The van der Waals surface area contributed by atoms with E-state index in [9.17, 15) is 0 Å². The highest BCUT2D eigenvalue weighted by molar-refractivity contribution is 4.88. The average molecular weight is 210 g/mol. The van der Waals surface area contributed by atoms with E-state index >= 15 is 0 Å². The van der Waals surface area contributed by atoms with Gasteiger partial charge in [-0.15, -0.1) is 0 Å². The van der Waals surface area contributed by atoms with E-state index < -0.39 is 0 Å². The van der Waals surface area contributed by atoms with Gasteiger partial charge >= 0.3 is 0 Å². The molecule has 2 nitrogen and oxygen atoms in total. The maximum Gasteiger partial charge on any atom is 0.0195 e. The third-order valence-electron chi connectivity index (χ3n) is 4.07. The molecule has 0 aromatic rings. The SMILES string of the molecule is CCC(C1CC1)N(C)CC1CCCCN1. The number of hydrogen-bond acceptors (Lipinski definition) is 2. The molecule has 2 unspecified atom stereocenters. The first-order chi connectivity index (χ1) is 7.31. The van der Waals surface area contributed by atoms with Crippen molar-refractivity contribution in [2.24, 2.45) is 5.92 Å². The maximum atomic E-state index is 3.65. The van der Waals surface area contributed by atoms with Gasteiger partial charge in [0.25, 0.3) is 0 Å². The molecule has 1 N–H and O–H groups in total. The quantitative estimate of drug-likeness (QED) is 0.749. The third kappa shape index (κ3) is 3.18.